The van der Waals surface area contributed by atoms with Crippen molar-refractivity contribution in [2.24, 2.45) is 0 Å². The van der Waals surface area contributed by atoms with Crippen LogP contribution < -0.4 is 0 Å². The fourth-order valence-corrected chi connectivity index (χ4v) is 1.96. The van der Waals surface area contributed by atoms with Crippen molar-refractivity contribution in [2.45, 2.75) is 6.42 Å². The molecule has 0 aliphatic heterocycles. The minimum absolute atomic E-state index is 0.0764. The third-order valence-electron chi connectivity index (χ3n) is 1.39. The molecule has 0 saturated carbocycles. The maximum absolute atomic E-state index is 10.8. The monoisotopic (exact) mass is 204 g/mol. The zero-order chi connectivity index (χ0) is 9.19. The second-order valence-corrected chi connectivity index (χ2v) is 4.72. The number of halogens is 1. The molecule has 64 valence electrons. The molecule has 0 radical (unpaired) electrons. The van der Waals surface area contributed by atoms with Crippen LogP contribution in [0.4, 0.5) is 0 Å². The zero-order valence-corrected chi connectivity index (χ0v) is 7.52. The van der Waals surface area contributed by atoms with Crippen LogP contribution in [0.1, 0.15) is 6.42 Å². The van der Waals surface area contributed by atoms with E-state index in [0.29, 0.717) is 0 Å². The van der Waals surface area contributed by atoms with Gasteiger partial charge in [0.2, 0.25) is 0 Å². The molecule has 0 N–H and O–H groups in total. The van der Waals surface area contributed by atoms with Gasteiger partial charge in [-0.25, -0.2) is 13.2 Å². The van der Waals surface area contributed by atoms with Crippen molar-refractivity contribution in [2.75, 3.05) is 0 Å². The topological polar surface area (TPSA) is 51.2 Å². The molecule has 0 amide bonds. The molecule has 1 aliphatic rings. The highest BCUT2D eigenvalue weighted by molar-refractivity contribution is 8.17. The normalized spacial score (nSPS) is 17.1. The van der Waals surface area contributed by atoms with Crippen molar-refractivity contribution < 1.29 is 13.2 Å². The zero-order valence-electron chi connectivity index (χ0n) is 5.95. The average Bonchev–Trinajstić information content (AvgIpc) is 2.03. The predicted molar refractivity (Wildman–Crippen MR) is 45.8 cm³/mol. The first-order chi connectivity index (χ1) is 5.55. The van der Waals surface area contributed by atoms with Crippen molar-refractivity contribution >= 4 is 25.7 Å². The molecule has 0 aromatic rings. The van der Waals surface area contributed by atoms with Crippen molar-refractivity contribution in [1.82, 2.24) is 0 Å². The second kappa shape index (κ2) is 3.27. The standard InChI is InChI=1S/C7H5ClO3S/c8-12(10,11)7-4-2-1-3-6(7)5-9/h1-2,4H,3H2. The van der Waals surface area contributed by atoms with E-state index in [0.717, 1.165) is 0 Å². The Morgan fingerprint density at radius 2 is 2.17 bits per heavy atom. The molecule has 1 rings (SSSR count). The molecule has 0 aromatic carbocycles. The smallest absolute Gasteiger partial charge is 0.233 e. The summed E-state index contributed by atoms with van der Waals surface area (Å²) in [6.45, 7) is 0. The molecule has 0 fully saturated rings. The van der Waals surface area contributed by atoms with Crippen LogP contribution in [0.2, 0.25) is 0 Å². The SMILES string of the molecule is O=C=C1CC=CC=C1S(=O)(=O)Cl. The lowest BCUT2D eigenvalue weighted by Crippen LogP contribution is -2.01. The Hall–Kier alpha value is -0.830. The van der Waals surface area contributed by atoms with E-state index in [2.05, 4.69) is 0 Å². The average molecular weight is 205 g/mol. The lowest BCUT2D eigenvalue weighted by atomic mass is 10.1. The van der Waals surface area contributed by atoms with Gasteiger partial charge < -0.3 is 0 Å². The summed E-state index contributed by atoms with van der Waals surface area (Å²) in [7, 11) is 1.25. The molecule has 5 heteroatoms. The third-order valence-corrected chi connectivity index (χ3v) is 2.80. The number of hydrogen-bond donors (Lipinski definition) is 0. The largest absolute Gasteiger partial charge is 0.262 e. The molecule has 3 nitrogen and oxygen atoms in total. The van der Waals surface area contributed by atoms with Gasteiger partial charge in [-0.15, -0.1) is 0 Å². The molecule has 0 aromatic heterocycles. The number of rotatable bonds is 1. The molecule has 0 heterocycles. The van der Waals surface area contributed by atoms with E-state index in [-0.39, 0.29) is 16.9 Å². The van der Waals surface area contributed by atoms with Gasteiger partial charge in [0.05, 0.1) is 10.5 Å². The fourth-order valence-electron chi connectivity index (χ4n) is 0.863. The van der Waals surface area contributed by atoms with E-state index < -0.39 is 9.05 Å². The molecule has 0 spiro atoms. The lowest BCUT2D eigenvalue weighted by Gasteiger charge is -2.04. The van der Waals surface area contributed by atoms with E-state index >= 15 is 0 Å². The molecular formula is C7H5ClO3S. The van der Waals surface area contributed by atoms with Crippen LogP contribution in [0.3, 0.4) is 0 Å². The Morgan fingerprint density at radius 1 is 1.50 bits per heavy atom. The van der Waals surface area contributed by atoms with Gasteiger partial charge in [0.1, 0.15) is 5.94 Å². The summed E-state index contributed by atoms with van der Waals surface area (Å²) in [6.07, 6.45) is 4.75. The first kappa shape index (κ1) is 9.26. The maximum atomic E-state index is 10.8. The van der Waals surface area contributed by atoms with Gasteiger partial charge in [0.15, 0.2) is 0 Å². The highest BCUT2D eigenvalue weighted by atomic mass is 35.7. The van der Waals surface area contributed by atoms with Gasteiger partial charge in [0.25, 0.3) is 9.05 Å². The van der Waals surface area contributed by atoms with Gasteiger partial charge in [0, 0.05) is 17.1 Å². The highest BCUT2D eigenvalue weighted by Gasteiger charge is 2.20. The van der Waals surface area contributed by atoms with Crippen molar-refractivity contribution in [3.05, 3.63) is 28.7 Å². The van der Waals surface area contributed by atoms with Crippen LogP contribution in [-0.2, 0) is 13.8 Å². The molecule has 0 atom stereocenters. The number of allylic oxidation sites excluding steroid dienone is 4. The van der Waals surface area contributed by atoms with Crippen molar-refractivity contribution in [3.8, 4) is 0 Å². The Balaban J connectivity index is 3.27. The summed E-state index contributed by atoms with van der Waals surface area (Å²) in [5.41, 5.74) is 0.0764. The summed E-state index contributed by atoms with van der Waals surface area (Å²) in [5, 5.41) is 0. The highest BCUT2D eigenvalue weighted by Crippen LogP contribution is 2.24. The van der Waals surface area contributed by atoms with Crippen molar-refractivity contribution in [3.63, 3.8) is 0 Å². The van der Waals surface area contributed by atoms with Crippen LogP contribution in [0.15, 0.2) is 28.7 Å². The summed E-state index contributed by atoms with van der Waals surface area (Å²) >= 11 is 0. The summed E-state index contributed by atoms with van der Waals surface area (Å²) < 4.78 is 21.6. The summed E-state index contributed by atoms with van der Waals surface area (Å²) in [6, 6.07) is 0. The van der Waals surface area contributed by atoms with Gasteiger partial charge in [-0.1, -0.05) is 12.2 Å². The first-order valence-electron chi connectivity index (χ1n) is 3.11. The van der Waals surface area contributed by atoms with Crippen LogP contribution in [-0.4, -0.2) is 14.4 Å². The van der Waals surface area contributed by atoms with Crippen LogP contribution in [0, 0.1) is 0 Å². The van der Waals surface area contributed by atoms with E-state index in [1.165, 1.54) is 12.2 Å². The Kier molecular flexibility index (Phi) is 2.52. The minimum atomic E-state index is -3.80. The lowest BCUT2D eigenvalue weighted by molar-refractivity contribution is 0.566. The Labute approximate surface area is 74.4 Å². The van der Waals surface area contributed by atoms with E-state index in [4.69, 9.17) is 10.7 Å². The maximum Gasteiger partial charge on any atom is 0.262 e. The Bertz CT molecular complexity index is 396. The minimum Gasteiger partial charge on any atom is -0.233 e. The van der Waals surface area contributed by atoms with Crippen molar-refractivity contribution in [1.29, 1.82) is 0 Å². The van der Waals surface area contributed by atoms with Crippen LogP contribution in [0.25, 0.3) is 0 Å². The predicted octanol–water partition coefficient (Wildman–Crippen LogP) is 1.16. The summed E-state index contributed by atoms with van der Waals surface area (Å²) in [4.78, 5) is 10.1. The van der Waals surface area contributed by atoms with Gasteiger partial charge in [-0.05, 0) is 6.08 Å². The van der Waals surface area contributed by atoms with Crippen LogP contribution >= 0.6 is 10.7 Å². The molecule has 0 unspecified atom stereocenters. The van der Waals surface area contributed by atoms with Gasteiger partial charge >= 0.3 is 0 Å². The quantitative estimate of drug-likeness (QED) is 0.476. The molecule has 1 aliphatic carbocycles. The van der Waals surface area contributed by atoms with Crippen LogP contribution in [0.5, 0.6) is 0 Å². The Morgan fingerprint density at radius 3 is 2.58 bits per heavy atom. The summed E-state index contributed by atoms with van der Waals surface area (Å²) in [5.74, 6) is 1.54. The fraction of sp³-hybridized carbons (Fsp3) is 0.143. The molecule has 0 bridgehead atoms. The second-order valence-electron chi connectivity index (χ2n) is 2.18. The van der Waals surface area contributed by atoms with E-state index in [1.807, 2.05) is 0 Å². The molecule has 12 heavy (non-hydrogen) atoms. The first-order valence-corrected chi connectivity index (χ1v) is 5.42. The number of hydrogen-bond acceptors (Lipinski definition) is 3. The van der Waals surface area contributed by atoms with E-state index in [9.17, 15) is 13.2 Å². The van der Waals surface area contributed by atoms with E-state index in [1.54, 1.807) is 12.0 Å². The third kappa shape index (κ3) is 1.85. The van der Waals surface area contributed by atoms with Gasteiger partial charge in [-0.3, -0.25) is 0 Å². The molecular weight excluding hydrogens is 200 g/mol. The number of carbonyl (C=O) groups excluding carboxylic acids is 1. The molecule has 0 saturated heterocycles. The van der Waals surface area contributed by atoms with Gasteiger partial charge in [-0.2, -0.15) is 0 Å².